The van der Waals surface area contributed by atoms with Crippen molar-refractivity contribution in [2.45, 2.75) is 43.0 Å². The molecule has 1 atom stereocenters. The molecule has 8 nitrogen and oxygen atoms in total. The second-order valence-electron chi connectivity index (χ2n) is 8.20. The molecule has 2 aromatic rings. The van der Waals surface area contributed by atoms with Crippen LogP contribution in [0.1, 0.15) is 42.9 Å². The number of carbonyl (C=O) groups excluding carboxylic acids is 1. The molecule has 1 N–H and O–H groups in total. The lowest BCUT2D eigenvalue weighted by Crippen LogP contribution is -2.44. The predicted octanol–water partition coefficient (Wildman–Crippen LogP) is 3.84. The second kappa shape index (κ2) is 9.17. The largest absolute Gasteiger partial charge is 0.349 e. The van der Waals surface area contributed by atoms with Gasteiger partial charge < -0.3 is 5.32 Å². The number of amides is 1. The van der Waals surface area contributed by atoms with Crippen LogP contribution in [0.25, 0.3) is 0 Å². The lowest BCUT2D eigenvalue weighted by atomic mass is 9.87. The fourth-order valence-corrected chi connectivity index (χ4v) is 6.46. The number of non-ortho nitro benzene ring substituents is 1. The Bertz CT molecular complexity index is 1150. The molecule has 1 aliphatic carbocycles. The maximum absolute atomic E-state index is 13.0. The standard InChI is InChI=1S/C22H24ClN3O5S/c23-19-9-8-17(26(28)29)14-21(19)32(30,31)25-12-10-16(11-13-25)22(27)24-20-7-3-5-15-4-1-2-6-18(15)20/h1-2,4,6,8-9,14,16,20H,3,5,7,10-13H2,(H,24,27)/t20-/m0/s1. The third-order valence-electron chi connectivity index (χ3n) is 6.25. The second-order valence-corrected chi connectivity index (χ2v) is 10.5. The minimum absolute atomic E-state index is 0.0158. The summed E-state index contributed by atoms with van der Waals surface area (Å²) in [5.41, 5.74) is 2.08. The number of benzene rings is 2. The predicted molar refractivity (Wildman–Crippen MR) is 120 cm³/mol. The number of nitro groups is 1. The number of carbonyl (C=O) groups is 1. The lowest BCUT2D eigenvalue weighted by Gasteiger charge is -2.32. The van der Waals surface area contributed by atoms with Crippen LogP contribution in [0, 0.1) is 16.0 Å². The molecule has 0 bridgehead atoms. The zero-order valence-corrected chi connectivity index (χ0v) is 18.9. The first-order valence-electron chi connectivity index (χ1n) is 10.6. The fourth-order valence-electron chi connectivity index (χ4n) is 4.49. The third kappa shape index (κ3) is 4.51. The van der Waals surface area contributed by atoms with Crippen molar-refractivity contribution in [1.29, 1.82) is 0 Å². The van der Waals surface area contributed by atoms with Gasteiger partial charge in [-0.3, -0.25) is 14.9 Å². The molecule has 0 aromatic heterocycles. The van der Waals surface area contributed by atoms with E-state index in [-0.39, 0.29) is 46.6 Å². The fraction of sp³-hybridized carbons (Fsp3) is 0.409. The van der Waals surface area contributed by atoms with Gasteiger partial charge in [0.2, 0.25) is 15.9 Å². The zero-order valence-electron chi connectivity index (χ0n) is 17.4. The number of nitro benzene ring substituents is 1. The van der Waals surface area contributed by atoms with E-state index in [1.165, 1.54) is 22.0 Å². The molecule has 2 aliphatic rings. The van der Waals surface area contributed by atoms with E-state index in [0.717, 1.165) is 30.9 Å². The summed E-state index contributed by atoms with van der Waals surface area (Å²) in [6.45, 7) is 0.307. The van der Waals surface area contributed by atoms with Crippen LogP contribution in [-0.2, 0) is 21.2 Å². The minimum atomic E-state index is -4.00. The molecule has 1 aliphatic heterocycles. The van der Waals surface area contributed by atoms with Gasteiger partial charge in [-0.1, -0.05) is 35.9 Å². The van der Waals surface area contributed by atoms with Crippen molar-refractivity contribution in [2.24, 2.45) is 5.92 Å². The van der Waals surface area contributed by atoms with Crippen molar-refractivity contribution in [3.8, 4) is 0 Å². The van der Waals surface area contributed by atoms with Crippen molar-refractivity contribution < 1.29 is 18.1 Å². The average Bonchev–Trinajstić information content (AvgIpc) is 2.79. The summed E-state index contributed by atoms with van der Waals surface area (Å²) in [5, 5.41) is 14.1. The number of halogens is 1. The van der Waals surface area contributed by atoms with Gasteiger partial charge in [-0.25, -0.2) is 8.42 Å². The van der Waals surface area contributed by atoms with Crippen molar-refractivity contribution in [1.82, 2.24) is 9.62 Å². The third-order valence-corrected chi connectivity index (χ3v) is 8.63. The Kier molecular flexibility index (Phi) is 6.50. The number of sulfonamides is 1. The van der Waals surface area contributed by atoms with E-state index < -0.39 is 14.9 Å². The number of nitrogens with one attached hydrogen (secondary N) is 1. The summed E-state index contributed by atoms with van der Waals surface area (Å²) in [6.07, 6.45) is 3.68. The summed E-state index contributed by atoms with van der Waals surface area (Å²) in [6, 6.07) is 11.5. The first-order valence-corrected chi connectivity index (χ1v) is 12.4. The molecule has 0 unspecified atom stereocenters. The molecule has 0 radical (unpaired) electrons. The molecular formula is C22H24ClN3O5S. The number of nitrogens with zero attached hydrogens (tertiary/aromatic N) is 2. The van der Waals surface area contributed by atoms with E-state index in [1.807, 2.05) is 12.1 Å². The van der Waals surface area contributed by atoms with Gasteiger partial charge in [-0.05, 0) is 49.3 Å². The molecule has 1 saturated heterocycles. The van der Waals surface area contributed by atoms with E-state index >= 15 is 0 Å². The van der Waals surface area contributed by atoms with E-state index in [4.69, 9.17) is 11.6 Å². The molecule has 170 valence electrons. The minimum Gasteiger partial charge on any atom is -0.349 e. The summed E-state index contributed by atoms with van der Waals surface area (Å²) < 4.78 is 27.3. The Morgan fingerprint density at radius 3 is 2.56 bits per heavy atom. The number of hydrogen-bond donors (Lipinski definition) is 1. The van der Waals surface area contributed by atoms with Gasteiger partial charge in [-0.15, -0.1) is 0 Å². The van der Waals surface area contributed by atoms with Gasteiger partial charge in [0.15, 0.2) is 0 Å². The maximum Gasteiger partial charge on any atom is 0.270 e. The monoisotopic (exact) mass is 477 g/mol. The highest BCUT2D eigenvalue weighted by molar-refractivity contribution is 7.89. The topological polar surface area (TPSA) is 110 Å². The molecule has 0 saturated carbocycles. The Morgan fingerprint density at radius 1 is 1.12 bits per heavy atom. The van der Waals surface area contributed by atoms with Crippen LogP contribution in [0.15, 0.2) is 47.4 Å². The van der Waals surface area contributed by atoms with Gasteiger partial charge in [0.25, 0.3) is 5.69 Å². The lowest BCUT2D eigenvalue weighted by molar-refractivity contribution is -0.385. The van der Waals surface area contributed by atoms with Crippen LogP contribution >= 0.6 is 11.6 Å². The summed E-state index contributed by atoms with van der Waals surface area (Å²) in [7, 11) is -4.00. The highest BCUT2D eigenvalue weighted by atomic mass is 35.5. The molecule has 10 heteroatoms. The van der Waals surface area contributed by atoms with Crippen LogP contribution in [-0.4, -0.2) is 36.6 Å². The summed E-state index contributed by atoms with van der Waals surface area (Å²) >= 11 is 6.04. The number of aryl methyl sites for hydroxylation is 1. The molecule has 4 rings (SSSR count). The highest BCUT2D eigenvalue weighted by Crippen LogP contribution is 2.33. The molecule has 1 heterocycles. The van der Waals surface area contributed by atoms with E-state index in [0.29, 0.717) is 12.8 Å². The van der Waals surface area contributed by atoms with Gasteiger partial charge in [0.1, 0.15) is 4.90 Å². The van der Waals surface area contributed by atoms with E-state index in [1.54, 1.807) is 0 Å². The molecule has 1 fully saturated rings. The Labute approximate surface area is 191 Å². The Morgan fingerprint density at radius 2 is 1.84 bits per heavy atom. The number of hydrogen-bond acceptors (Lipinski definition) is 5. The zero-order chi connectivity index (χ0) is 22.9. The SMILES string of the molecule is O=C(N[C@H]1CCCc2ccccc21)C1CCN(S(=O)(=O)c2cc([N+](=O)[O-])ccc2Cl)CC1. The molecular weight excluding hydrogens is 454 g/mol. The van der Waals surface area contributed by atoms with Gasteiger partial charge in [-0.2, -0.15) is 4.31 Å². The van der Waals surface area contributed by atoms with Crippen LogP contribution < -0.4 is 5.32 Å². The first-order chi connectivity index (χ1) is 15.3. The Hall–Kier alpha value is -2.49. The number of rotatable bonds is 5. The quantitative estimate of drug-likeness (QED) is 0.519. The molecule has 2 aromatic carbocycles. The maximum atomic E-state index is 13.0. The van der Waals surface area contributed by atoms with Gasteiger partial charge in [0, 0.05) is 31.1 Å². The first kappa shape index (κ1) is 22.7. The van der Waals surface area contributed by atoms with Crippen molar-refractivity contribution in [3.63, 3.8) is 0 Å². The van der Waals surface area contributed by atoms with Crippen molar-refractivity contribution in [2.75, 3.05) is 13.1 Å². The van der Waals surface area contributed by atoms with Crippen LogP contribution in [0.4, 0.5) is 5.69 Å². The van der Waals surface area contributed by atoms with Crippen molar-refractivity contribution >= 4 is 33.2 Å². The normalized spacial score (nSPS) is 19.8. The average molecular weight is 478 g/mol. The number of fused-ring (bicyclic) bond motifs is 1. The van der Waals surface area contributed by atoms with Crippen LogP contribution in [0.2, 0.25) is 5.02 Å². The van der Waals surface area contributed by atoms with Crippen LogP contribution in [0.3, 0.4) is 0 Å². The molecule has 32 heavy (non-hydrogen) atoms. The Balaban J connectivity index is 1.42. The highest BCUT2D eigenvalue weighted by Gasteiger charge is 2.35. The summed E-state index contributed by atoms with van der Waals surface area (Å²) in [5.74, 6) is -0.340. The molecule has 1 amide bonds. The van der Waals surface area contributed by atoms with Gasteiger partial charge in [0.05, 0.1) is 16.0 Å². The molecule has 0 spiro atoms. The van der Waals surface area contributed by atoms with Gasteiger partial charge >= 0.3 is 0 Å². The van der Waals surface area contributed by atoms with Crippen molar-refractivity contribution in [3.05, 3.63) is 68.7 Å². The summed E-state index contributed by atoms with van der Waals surface area (Å²) in [4.78, 5) is 23.0. The van der Waals surface area contributed by atoms with Crippen LogP contribution in [0.5, 0.6) is 0 Å². The number of piperidine rings is 1. The van der Waals surface area contributed by atoms with E-state index in [9.17, 15) is 23.3 Å². The van der Waals surface area contributed by atoms with E-state index in [2.05, 4.69) is 17.4 Å². The smallest absolute Gasteiger partial charge is 0.270 e.